The van der Waals surface area contributed by atoms with E-state index in [1.807, 2.05) is 52.0 Å². The molecule has 5 heteroatoms. The molecule has 1 unspecified atom stereocenters. The molecule has 2 aromatic carbocycles. The van der Waals surface area contributed by atoms with E-state index < -0.39 is 5.60 Å². The van der Waals surface area contributed by atoms with Crippen LogP contribution in [0.5, 0.6) is 17.2 Å². The molecule has 27 heavy (non-hydrogen) atoms. The summed E-state index contributed by atoms with van der Waals surface area (Å²) >= 11 is 1.29. The summed E-state index contributed by atoms with van der Waals surface area (Å²) in [5, 5.41) is 10.3. The molecule has 0 aliphatic carbocycles. The maximum Gasteiger partial charge on any atom is 0.232 e. The molecule has 1 heterocycles. The number of methoxy groups -OCH3 is 1. The van der Waals surface area contributed by atoms with Gasteiger partial charge in [-0.3, -0.25) is 4.79 Å². The highest BCUT2D eigenvalue weighted by molar-refractivity contribution is 8.13. The van der Waals surface area contributed by atoms with Crippen LogP contribution in [0.15, 0.2) is 24.3 Å². The third-order valence-electron chi connectivity index (χ3n) is 5.48. The van der Waals surface area contributed by atoms with Crippen molar-refractivity contribution in [1.82, 2.24) is 0 Å². The number of hydrogen-bond acceptors (Lipinski definition) is 5. The fourth-order valence-corrected chi connectivity index (χ4v) is 4.35. The van der Waals surface area contributed by atoms with E-state index in [4.69, 9.17) is 9.47 Å². The average Bonchev–Trinajstić information content (AvgIpc) is 2.69. The summed E-state index contributed by atoms with van der Waals surface area (Å²) in [5.41, 5.74) is 3.81. The van der Waals surface area contributed by atoms with Gasteiger partial charge >= 0.3 is 0 Å². The number of carbonyl (C=O) groups is 1. The van der Waals surface area contributed by atoms with Gasteiger partial charge in [0, 0.05) is 11.3 Å². The van der Waals surface area contributed by atoms with Crippen molar-refractivity contribution in [2.45, 2.75) is 51.9 Å². The van der Waals surface area contributed by atoms with Crippen LogP contribution in [0.25, 0.3) is 0 Å². The average molecular weight is 387 g/mol. The van der Waals surface area contributed by atoms with Crippen LogP contribution < -0.4 is 9.47 Å². The van der Waals surface area contributed by atoms with E-state index in [1.165, 1.54) is 11.8 Å². The van der Waals surface area contributed by atoms with Gasteiger partial charge in [-0.15, -0.1) is 0 Å². The van der Waals surface area contributed by atoms with Crippen LogP contribution in [-0.4, -0.2) is 22.9 Å². The van der Waals surface area contributed by atoms with Crippen molar-refractivity contribution in [2.24, 2.45) is 0 Å². The number of fused-ring (bicyclic) bond motifs is 1. The Morgan fingerprint density at radius 2 is 1.85 bits per heavy atom. The SMILES string of the molecule is COc1ccc(CSC(=O)C2(C)CCc3c(C)c(O)c(C)c(C)c3O2)cc1. The first-order chi connectivity index (χ1) is 12.8. The molecule has 1 aliphatic heterocycles. The minimum Gasteiger partial charge on any atom is -0.507 e. The Labute approximate surface area is 164 Å². The number of phenols is 1. The minimum absolute atomic E-state index is 0.0340. The van der Waals surface area contributed by atoms with Crippen molar-refractivity contribution < 1.29 is 19.4 Å². The molecule has 1 atom stereocenters. The molecular weight excluding hydrogens is 360 g/mol. The second-order valence-corrected chi connectivity index (χ2v) is 8.24. The lowest BCUT2D eigenvalue weighted by atomic mass is 9.87. The predicted octanol–water partition coefficient (Wildman–Crippen LogP) is 4.87. The predicted molar refractivity (Wildman–Crippen MR) is 109 cm³/mol. The molecule has 2 aromatic rings. The number of phenolic OH excluding ortho intramolecular Hbond substituents is 1. The van der Waals surface area contributed by atoms with Crippen LogP contribution in [0.4, 0.5) is 0 Å². The van der Waals surface area contributed by atoms with Gasteiger partial charge in [0.05, 0.1) is 7.11 Å². The Morgan fingerprint density at radius 3 is 2.48 bits per heavy atom. The van der Waals surface area contributed by atoms with Gasteiger partial charge in [-0.05, 0) is 74.9 Å². The number of hydrogen-bond donors (Lipinski definition) is 1. The number of thioether (sulfide) groups is 1. The summed E-state index contributed by atoms with van der Waals surface area (Å²) in [6, 6.07) is 7.74. The largest absolute Gasteiger partial charge is 0.507 e. The first-order valence-corrected chi connectivity index (χ1v) is 10.1. The minimum atomic E-state index is -0.856. The van der Waals surface area contributed by atoms with Gasteiger partial charge in [0.1, 0.15) is 17.2 Å². The van der Waals surface area contributed by atoms with Gasteiger partial charge < -0.3 is 14.6 Å². The Hall–Kier alpha value is -2.14. The molecule has 0 fully saturated rings. The first kappa shape index (κ1) is 19.6. The van der Waals surface area contributed by atoms with Crippen LogP contribution in [0.3, 0.4) is 0 Å². The fourth-order valence-electron chi connectivity index (χ4n) is 3.41. The van der Waals surface area contributed by atoms with Crippen molar-refractivity contribution in [2.75, 3.05) is 7.11 Å². The molecule has 1 N–H and O–H groups in total. The summed E-state index contributed by atoms with van der Waals surface area (Å²) in [4.78, 5) is 12.9. The van der Waals surface area contributed by atoms with Crippen LogP contribution in [0.2, 0.25) is 0 Å². The van der Waals surface area contributed by atoms with E-state index in [1.54, 1.807) is 7.11 Å². The lowest BCUT2D eigenvalue weighted by Gasteiger charge is -2.36. The van der Waals surface area contributed by atoms with Gasteiger partial charge in [-0.25, -0.2) is 0 Å². The van der Waals surface area contributed by atoms with E-state index in [2.05, 4.69) is 0 Å². The van der Waals surface area contributed by atoms with Gasteiger partial charge in [0.15, 0.2) is 5.60 Å². The molecule has 3 rings (SSSR count). The maximum absolute atomic E-state index is 12.9. The Bertz CT molecular complexity index is 873. The van der Waals surface area contributed by atoms with Crippen molar-refractivity contribution in [3.05, 3.63) is 52.1 Å². The van der Waals surface area contributed by atoms with Crippen molar-refractivity contribution in [3.8, 4) is 17.2 Å². The van der Waals surface area contributed by atoms with Gasteiger partial charge in [0.2, 0.25) is 5.12 Å². The topological polar surface area (TPSA) is 55.8 Å². The highest BCUT2D eigenvalue weighted by Gasteiger charge is 2.40. The van der Waals surface area contributed by atoms with Crippen LogP contribution >= 0.6 is 11.8 Å². The summed E-state index contributed by atoms with van der Waals surface area (Å²) in [6.45, 7) is 7.60. The first-order valence-electron chi connectivity index (χ1n) is 9.07. The molecular formula is C22H26O4S. The summed E-state index contributed by atoms with van der Waals surface area (Å²) in [7, 11) is 1.64. The lowest BCUT2D eigenvalue weighted by Crippen LogP contribution is -2.43. The quantitative estimate of drug-likeness (QED) is 0.812. The maximum atomic E-state index is 12.9. The molecule has 0 aromatic heterocycles. The van der Waals surface area contributed by atoms with Crippen molar-refractivity contribution in [3.63, 3.8) is 0 Å². The fraction of sp³-hybridized carbons (Fsp3) is 0.409. The van der Waals surface area contributed by atoms with Gasteiger partial charge in [-0.2, -0.15) is 0 Å². The van der Waals surface area contributed by atoms with Crippen LogP contribution in [0, 0.1) is 20.8 Å². The third kappa shape index (κ3) is 3.65. The molecule has 0 saturated carbocycles. The molecule has 0 bridgehead atoms. The lowest BCUT2D eigenvalue weighted by molar-refractivity contribution is -0.125. The normalized spacial score (nSPS) is 18.6. The zero-order valence-electron chi connectivity index (χ0n) is 16.5. The van der Waals surface area contributed by atoms with E-state index in [0.717, 1.165) is 45.7 Å². The molecule has 1 aliphatic rings. The highest BCUT2D eigenvalue weighted by Crippen LogP contribution is 2.44. The Morgan fingerprint density at radius 1 is 1.19 bits per heavy atom. The van der Waals surface area contributed by atoms with Crippen molar-refractivity contribution in [1.29, 1.82) is 0 Å². The second kappa shape index (κ2) is 7.47. The molecule has 0 radical (unpaired) electrons. The number of benzene rings is 2. The summed E-state index contributed by atoms with van der Waals surface area (Å²) in [6.07, 6.45) is 1.33. The number of rotatable bonds is 4. The van der Waals surface area contributed by atoms with Crippen LogP contribution in [-0.2, 0) is 17.0 Å². The zero-order chi connectivity index (χ0) is 19.8. The van der Waals surface area contributed by atoms with Gasteiger partial charge in [0.25, 0.3) is 0 Å². The number of aromatic hydroxyl groups is 1. The second-order valence-electron chi connectivity index (χ2n) is 7.29. The third-order valence-corrected chi connectivity index (χ3v) is 6.65. The molecule has 0 spiro atoms. The number of carbonyl (C=O) groups excluding carboxylic acids is 1. The number of ether oxygens (including phenoxy) is 2. The smallest absolute Gasteiger partial charge is 0.232 e. The van der Waals surface area contributed by atoms with E-state index in [0.29, 0.717) is 17.9 Å². The Balaban J connectivity index is 1.76. The highest BCUT2D eigenvalue weighted by atomic mass is 32.2. The summed E-state index contributed by atoms with van der Waals surface area (Å²) in [5.74, 6) is 2.49. The monoisotopic (exact) mass is 386 g/mol. The molecule has 0 amide bonds. The van der Waals surface area contributed by atoms with E-state index in [9.17, 15) is 9.90 Å². The molecule has 4 nitrogen and oxygen atoms in total. The zero-order valence-corrected chi connectivity index (χ0v) is 17.3. The molecule has 144 valence electrons. The van der Waals surface area contributed by atoms with E-state index >= 15 is 0 Å². The summed E-state index contributed by atoms with van der Waals surface area (Å²) < 4.78 is 11.4. The van der Waals surface area contributed by atoms with Crippen molar-refractivity contribution >= 4 is 16.9 Å². The Kier molecular flexibility index (Phi) is 5.43. The standard InChI is InChI=1S/C22H26O4S/c1-13-14(2)20-18(15(3)19(13)23)10-11-22(4,26-20)21(24)27-12-16-6-8-17(25-5)9-7-16/h6-9,23H,10-12H2,1-5H3. The molecule has 0 saturated heterocycles. The van der Waals surface area contributed by atoms with Crippen LogP contribution in [0.1, 0.15) is 41.2 Å². The van der Waals surface area contributed by atoms with E-state index in [-0.39, 0.29) is 5.12 Å². The van der Waals surface area contributed by atoms with Gasteiger partial charge in [-0.1, -0.05) is 23.9 Å².